The number of halogens is 1. The van der Waals surface area contributed by atoms with Crippen molar-refractivity contribution >= 4 is 6.29 Å². The van der Waals surface area contributed by atoms with Gasteiger partial charge in [-0.25, -0.2) is 4.39 Å². The molecule has 0 bridgehead atoms. The van der Waals surface area contributed by atoms with Crippen molar-refractivity contribution in [3.63, 3.8) is 0 Å². The standard InChI is InChI=1S/C18H19FO2/c1-12-5-7-14(18(2,3)4)17(9-12)21-16-8-6-13(11-20)10-15(16)19/h5-11H,1-4H3. The number of hydrogen-bond donors (Lipinski definition) is 0. The Morgan fingerprint density at radius 3 is 2.33 bits per heavy atom. The summed E-state index contributed by atoms with van der Waals surface area (Å²) in [6.07, 6.45) is 0.611. The van der Waals surface area contributed by atoms with Gasteiger partial charge in [0, 0.05) is 11.1 Å². The second-order valence-corrected chi connectivity index (χ2v) is 6.16. The summed E-state index contributed by atoms with van der Waals surface area (Å²) in [5, 5.41) is 0. The van der Waals surface area contributed by atoms with Crippen molar-refractivity contribution in [2.45, 2.75) is 33.1 Å². The predicted octanol–water partition coefficient (Wildman–Crippen LogP) is 5.04. The van der Waals surface area contributed by atoms with Gasteiger partial charge in [-0.2, -0.15) is 0 Å². The van der Waals surface area contributed by atoms with E-state index in [2.05, 4.69) is 20.8 Å². The number of aryl methyl sites for hydroxylation is 1. The van der Waals surface area contributed by atoms with Gasteiger partial charge in [-0.3, -0.25) is 4.79 Å². The molecule has 0 aliphatic rings. The fraction of sp³-hybridized carbons (Fsp3) is 0.278. The summed E-state index contributed by atoms with van der Waals surface area (Å²) in [5.41, 5.74) is 2.23. The molecule has 2 rings (SSSR count). The summed E-state index contributed by atoms with van der Waals surface area (Å²) in [5.74, 6) is 0.220. The predicted molar refractivity (Wildman–Crippen MR) is 81.7 cm³/mol. The highest BCUT2D eigenvalue weighted by molar-refractivity contribution is 5.75. The normalized spacial score (nSPS) is 11.3. The van der Waals surface area contributed by atoms with Crippen LogP contribution >= 0.6 is 0 Å². The molecule has 0 aliphatic heterocycles. The molecule has 0 atom stereocenters. The summed E-state index contributed by atoms with van der Waals surface area (Å²) in [4.78, 5) is 10.7. The average molecular weight is 286 g/mol. The topological polar surface area (TPSA) is 26.3 Å². The molecular weight excluding hydrogens is 267 g/mol. The summed E-state index contributed by atoms with van der Waals surface area (Å²) in [6.45, 7) is 8.20. The van der Waals surface area contributed by atoms with Gasteiger partial charge >= 0.3 is 0 Å². The van der Waals surface area contributed by atoms with Gasteiger partial charge in [-0.15, -0.1) is 0 Å². The van der Waals surface area contributed by atoms with E-state index in [1.165, 1.54) is 18.2 Å². The Balaban J connectivity index is 2.44. The quantitative estimate of drug-likeness (QED) is 0.739. The molecule has 0 saturated heterocycles. The minimum atomic E-state index is -0.541. The van der Waals surface area contributed by atoms with Crippen molar-refractivity contribution in [1.82, 2.24) is 0 Å². The minimum Gasteiger partial charge on any atom is -0.454 e. The lowest BCUT2D eigenvalue weighted by atomic mass is 9.86. The van der Waals surface area contributed by atoms with Crippen LogP contribution in [0.15, 0.2) is 36.4 Å². The first-order valence-corrected chi connectivity index (χ1v) is 6.85. The smallest absolute Gasteiger partial charge is 0.166 e. The highest BCUT2D eigenvalue weighted by Gasteiger charge is 2.20. The number of carbonyl (C=O) groups excluding carboxylic acids is 1. The molecule has 0 heterocycles. The maximum atomic E-state index is 14.0. The number of hydrogen-bond acceptors (Lipinski definition) is 2. The third kappa shape index (κ3) is 3.48. The van der Waals surface area contributed by atoms with E-state index in [-0.39, 0.29) is 11.2 Å². The minimum absolute atomic E-state index is 0.109. The zero-order valence-electron chi connectivity index (χ0n) is 12.7. The van der Waals surface area contributed by atoms with Crippen molar-refractivity contribution in [2.24, 2.45) is 0 Å². The summed E-state index contributed by atoms with van der Waals surface area (Å²) < 4.78 is 19.7. The van der Waals surface area contributed by atoms with E-state index in [9.17, 15) is 9.18 Å². The molecule has 0 N–H and O–H groups in total. The maximum Gasteiger partial charge on any atom is 0.166 e. The summed E-state index contributed by atoms with van der Waals surface area (Å²) in [6, 6.07) is 10.1. The number of aldehydes is 1. The van der Waals surface area contributed by atoms with E-state index < -0.39 is 5.82 Å². The van der Waals surface area contributed by atoms with Crippen LogP contribution in [-0.2, 0) is 5.41 Å². The zero-order valence-corrected chi connectivity index (χ0v) is 12.7. The lowest BCUT2D eigenvalue weighted by Crippen LogP contribution is -2.12. The number of rotatable bonds is 3. The molecule has 0 radical (unpaired) electrons. The third-order valence-electron chi connectivity index (χ3n) is 3.26. The van der Waals surface area contributed by atoms with E-state index in [0.29, 0.717) is 17.6 Å². The van der Waals surface area contributed by atoms with Crippen LogP contribution in [-0.4, -0.2) is 6.29 Å². The van der Waals surface area contributed by atoms with Crippen molar-refractivity contribution in [3.8, 4) is 11.5 Å². The Bertz CT molecular complexity index is 669. The van der Waals surface area contributed by atoms with Gasteiger partial charge in [0.25, 0.3) is 0 Å². The Labute approximate surface area is 124 Å². The summed E-state index contributed by atoms with van der Waals surface area (Å²) >= 11 is 0. The molecule has 2 aromatic carbocycles. The highest BCUT2D eigenvalue weighted by atomic mass is 19.1. The highest BCUT2D eigenvalue weighted by Crippen LogP contribution is 2.35. The third-order valence-corrected chi connectivity index (χ3v) is 3.26. The first-order chi connectivity index (χ1) is 9.81. The van der Waals surface area contributed by atoms with Crippen LogP contribution < -0.4 is 4.74 Å². The molecule has 0 saturated carbocycles. The van der Waals surface area contributed by atoms with Crippen LogP contribution in [0.2, 0.25) is 0 Å². The van der Waals surface area contributed by atoms with Crippen LogP contribution in [0.4, 0.5) is 4.39 Å². The van der Waals surface area contributed by atoms with Crippen LogP contribution in [0.25, 0.3) is 0 Å². The average Bonchev–Trinajstić information content (AvgIpc) is 2.39. The molecule has 2 aromatic rings. The molecule has 0 aromatic heterocycles. The Kier molecular flexibility index (Phi) is 4.12. The van der Waals surface area contributed by atoms with Gasteiger partial charge in [-0.1, -0.05) is 32.9 Å². The van der Waals surface area contributed by atoms with E-state index >= 15 is 0 Å². The van der Waals surface area contributed by atoms with Crippen molar-refractivity contribution in [2.75, 3.05) is 0 Å². The molecule has 0 fully saturated rings. The summed E-state index contributed by atoms with van der Waals surface area (Å²) in [7, 11) is 0. The SMILES string of the molecule is Cc1ccc(C(C)(C)C)c(Oc2ccc(C=O)cc2F)c1. The van der Waals surface area contributed by atoms with Crippen molar-refractivity contribution in [3.05, 3.63) is 58.9 Å². The first kappa shape index (κ1) is 15.2. The molecule has 21 heavy (non-hydrogen) atoms. The van der Waals surface area contributed by atoms with E-state index in [4.69, 9.17) is 4.74 Å². The van der Waals surface area contributed by atoms with Gasteiger partial charge < -0.3 is 4.74 Å². The van der Waals surface area contributed by atoms with E-state index in [1.54, 1.807) is 0 Å². The monoisotopic (exact) mass is 286 g/mol. The lowest BCUT2D eigenvalue weighted by Gasteiger charge is -2.23. The van der Waals surface area contributed by atoms with Gasteiger partial charge in [-0.05, 0) is 42.2 Å². The fourth-order valence-electron chi connectivity index (χ4n) is 2.13. The molecule has 0 aliphatic carbocycles. The van der Waals surface area contributed by atoms with E-state index in [1.807, 2.05) is 25.1 Å². The van der Waals surface area contributed by atoms with Gasteiger partial charge in [0.1, 0.15) is 12.0 Å². The largest absolute Gasteiger partial charge is 0.454 e. The number of ether oxygens (including phenoxy) is 1. The fourth-order valence-corrected chi connectivity index (χ4v) is 2.13. The van der Waals surface area contributed by atoms with E-state index in [0.717, 1.165) is 11.1 Å². The Hall–Kier alpha value is -2.16. The molecule has 0 unspecified atom stereocenters. The lowest BCUT2D eigenvalue weighted by molar-refractivity contribution is 0.112. The molecule has 110 valence electrons. The zero-order chi connectivity index (χ0) is 15.6. The number of carbonyl (C=O) groups is 1. The van der Waals surface area contributed by atoms with Gasteiger partial charge in [0.05, 0.1) is 0 Å². The van der Waals surface area contributed by atoms with Crippen LogP contribution in [0, 0.1) is 12.7 Å². The van der Waals surface area contributed by atoms with Crippen molar-refractivity contribution in [1.29, 1.82) is 0 Å². The van der Waals surface area contributed by atoms with Gasteiger partial charge in [0.2, 0.25) is 0 Å². The number of benzene rings is 2. The second-order valence-electron chi connectivity index (χ2n) is 6.16. The second kappa shape index (κ2) is 5.68. The Morgan fingerprint density at radius 2 is 1.76 bits per heavy atom. The molecular formula is C18H19FO2. The molecule has 0 spiro atoms. The van der Waals surface area contributed by atoms with Crippen molar-refractivity contribution < 1.29 is 13.9 Å². The maximum absolute atomic E-state index is 14.0. The molecule has 3 heteroatoms. The van der Waals surface area contributed by atoms with Crippen LogP contribution in [0.1, 0.15) is 42.3 Å². The Morgan fingerprint density at radius 1 is 1.05 bits per heavy atom. The molecule has 0 amide bonds. The van der Waals surface area contributed by atoms with Crippen LogP contribution in [0.3, 0.4) is 0 Å². The first-order valence-electron chi connectivity index (χ1n) is 6.85. The van der Waals surface area contributed by atoms with Crippen LogP contribution in [0.5, 0.6) is 11.5 Å². The van der Waals surface area contributed by atoms with Gasteiger partial charge in [0.15, 0.2) is 11.6 Å². The molecule has 2 nitrogen and oxygen atoms in total.